The molecule has 1 unspecified atom stereocenters. The largest absolute Gasteiger partial charge is 0.493 e. The van der Waals surface area contributed by atoms with Crippen molar-refractivity contribution in [2.75, 3.05) is 13.7 Å². The van der Waals surface area contributed by atoms with E-state index in [0.717, 1.165) is 0 Å². The summed E-state index contributed by atoms with van der Waals surface area (Å²) in [6.07, 6.45) is -0.605. The molecule has 70 valence electrons. The third kappa shape index (κ3) is 1.29. The minimum absolute atomic E-state index is 0.169. The van der Waals surface area contributed by atoms with Crippen LogP contribution in [0.4, 0.5) is 0 Å². The van der Waals surface area contributed by atoms with Crippen molar-refractivity contribution in [3.05, 3.63) is 18.2 Å². The van der Waals surface area contributed by atoms with E-state index in [1.54, 1.807) is 25.3 Å². The second-order valence-corrected chi connectivity index (χ2v) is 2.64. The minimum atomic E-state index is -0.605. The van der Waals surface area contributed by atoms with Crippen LogP contribution >= 0.6 is 0 Å². The van der Waals surface area contributed by atoms with Gasteiger partial charge >= 0.3 is 0 Å². The van der Waals surface area contributed by atoms with Crippen LogP contribution in [-0.2, 0) is 0 Å². The van der Waals surface area contributed by atoms with Crippen molar-refractivity contribution in [2.45, 2.75) is 6.29 Å². The van der Waals surface area contributed by atoms with Gasteiger partial charge in [0.25, 0.3) is 6.29 Å². The number of hydrogen-bond acceptors (Lipinski definition) is 4. The SMILES string of the molecule is COc1cccc2c1OC(CO)O2. The lowest BCUT2D eigenvalue weighted by molar-refractivity contribution is -0.00158. The van der Waals surface area contributed by atoms with Crippen LogP contribution in [0.15, 0.2) is 18.2 Å². The molecule has 0 aromatic heterocycles. The Labute approximate surface area is 75.7 Å². The Balaban J connectivity index is 2.33. The topological polar surface area (TPSA) is 47.9 Å². The summed E-state index contributed by atoms with van der Waals surface area (Å²) >= 11 is 0. The molecule has 1 N–H and O–H groups in total. The van der Waals surface area contributed by atoms with E-state index in [0.29, 0.717) is 17.2 Å². The monoisotopic (exact) mass is 182 g/mol. The van der Waals surface area contributed by atoms with Gasteiger partial charge in [0.1, 0.15) is 6.61 Å². The smallest absolute Gasteiger partial charge is 0.264 e. The van der Waals surface area contributed by atoms with Gasteiger partial charge in [-0.2, -0.15) is 0 Å². The second-order valence-electron chi connectivity index (χ2n) is 2.64. The van der Waals surface area contributed by atoms with Crippen LogP contribution in [0.25, 0.3) is 0 Å². The summed E-state index contributed by atoms with van der Waals surface area (Å²) in [5, 5.41) is 8.81. The Kier molecular flexibility index (Phi) is 1.98. The van der Waals surface area contributed by atoms with Gasteiger partial charge in [0.15, 0.2) is 11.5 Å². The van der Waals surface area contributed by atoms with E-state index in [2.05, 4.69) is 0 Å². The first-order valence-electron chi connectivity index (χ1n) is 3.96. The molecule has 0 fully saturated rings. The molecular weight excluding hydrogens is 172 g/mol. The maximum Gasteiger partial charge on any atom is 0.264 e. The highest BCUT2D eigenvalue weighted by Gasteiger charge is 2.26. The Morgan fingerprint density at radius 2 is 2.31 bits per heavy atom. The molecule has 4 nitrogen and oxygen atoms in total. The predicted octanol–water partition coefficient (Wildman–Crippen LogP) is 0.785. The highest BCUT2D eigenvalue weighted by atomic mass is 16.7. The predicted molar refractivity (Wildman–Crippen MR) is 45.1 cm³/mol. The van der Waals surface area contributed by atoms with E-state index >= 15 is 0 Å². The molecule has 2 rings (SSSR count). The summed E-state index contributed by atoms with van der Waals surface area (Å²) < 4.78 is 15.6. The van der Waals surface area contributed by atoms with Crippen molar-refractivity contribution in [1.29, 1.82) is 0 Å². The minimum Gasteiger partial charge on any atom is -0.493 e. The third-order valence-electron chi connectivity index (χ3n) is 1.82. The molecule has 1 aromatic rings. The van der Waals surface area contributed by atoms with Gasteiger partial charge < -0.3 is 19.3 Å². The fourth-order valence-electron chi connectivity index (χ4n) is 1.24. The Bertz CT molecular complexity index is 310. The van der Waals surface area contributed by atoms with Crippen molar-refractivity contribution >= 4 is 0 Å². The lowest BCUT2D eigenvalue weighted by Crippen LogP contribution is -2.22. The Morgan fingerprint density at radius 3 is 3.00 bits per heavy atom. The molecule has 1 aliphatic heterocycles. The molecule has 0 saturated carbocycles. The van der Waals surface area contributed by atoms with Crippen LogP contribution in [-0.4, -0.2) is 25.1 Å². The van der Waals surface area contributed by atoms with Crippen molar-refractivity contribution in [3.8, 4) is 17.2 Å². The zero-order valence-corrected chi connectivity index (χ0v) is 7.19. The number of ether oxygens (including phenoxy) is 3. The third-order valence-corrected chi connectivity index (χ3v) is 1.82. The molecule has 13 heavy (non-hydrogen) atoms. The van der Waals surface area contributed by atoms with Gasteiger partial charge in [-0.15, -0.1) is 0 Å². The molecule has 1 heterocycles. The first-order valence-corrected chi connectivity index (χ1v) is 3.96. The molecule has 0 spiro atoms. The number of methoxy groups -OCH3 is 1. The summed E-state index contributed by atoms with van der Waals surface area (Å²) in [4.78, 5) is 0. The average molecular weight is 182 g/mol. The second kappa shape index (κ2) is 3.14. The van der Waals surface area contributed by atoms with Crippen LogP contribution in [0.2, 0.25) is 0 Å². The number of benzene rings is 1. The van der Waals surface area contributed by atoms with E-state index < -0.39 is 6.29 Å². The van der Waals surface area contributed by atoms with E-state index in [9.17, 15) is 0 Å². The fourth-order valence-corrected chi connectivity index (χ4v) is 1.24. The van der Waals surface area contributed by atoms with E-state index in [1.807, 2.05) is 0 Å². The standard InChI is InChI=1S/C9H10O4/c1-11-6-3-2-4-7-9(6)13-8(5-10)12-7/h2-4,8,10H,5H2,1H3. The normalized spacial score (nSPS) is 18.8. The lowest BCUT2D eigenvalue weighted by atomic mass is 10.3. The number of fused-ring (bicyclic) bond motifs is 1. The Hall–Kier alpha value is -1.42. The average Bonchev–Trinajstić information content (AvgIpc) is 2.59. The molecule has 0 bridgehead atoms. The first kappa shape index (κ1) is 8.19. The maximum atomic E-state index is 8.81. The molecule has 4 heteroatoms. The molecule has 1 aromatic carbocycles. The molecule has 0 radical (unpaired) electrons. The first-order chi connectivity index (χ1) is 6.35. The lowest BCUT2D eigenvalue weighted by Gasteiger charge is -2.05. The van der Waals surface area contributed by atoms with Gasteiger partial charge in [0.05, 0.1) is 7.11 Å². The van der Waals surface area contributed by atoms with Gasteiger partial charge in [0.2, 0.25) is 5.75 Å². The fraction of sp³-hybridized carbons (Fsp3) is 0.333. The summed E-state index contributed by atoms with van der Waals surface area (Å²) in [6.45, 7) is -0.169. The highest BCUT2D eigenvalue weighted by Crippen LogP contribution is 2.42. The number of aliphatic hydroxyl groups is 1. The van der Waals surface area contributed by atoms with E-state index in [-0.39, 0.29) is 6.61 Å². The van der Waals surface area contributed by atoms with Crippen LogP contribution in [0, 0.1) is 0 Å². The highest BCUT2D eigenvalue weighted by molar-refractivity contribution is 5.52. The van der Waals surface area contributed by atoms with Crippen LogP contribution in [0.1, 0.15) is 0 Å². The van der Waals surface area contributed by atoms with Gasteiger partial charge in [-0.25, -0.2) is 0 Å². The van der Waals surface area contributed by atoms with Crippen LogP contribution in [0.5, 0.6) is 17.2 Å². The number of rotatable bonds is 2. The quantitative estimate of drug-likeness (QED) is 0.734. The number of para-hydroxylation sites is 1. The zero-order valence-electron chi connectivity index (χ0n) is 7.19. The van der Waals surface area contributed by atoms with Crippen molar-refractivity contribution in [1.82, 2.24) is 0 Å². The van der Waals surface area contributed by atoms with Gasteiger partial charge in [0, 0.05) is 0 Å². The summed E-state index contributed by atoms with van der Waals surface area (Å²) in [5.74, 6) is 1.79. The van der Waals surface area contributed by atoms with E-state index in [1.165, 1.54) is 0 Å². The van der Waals surface area contributed by atoms with Crippen LogP contribution in [0.3, 0.4) is 0 Å². The molecule has 0 aliphatic carbocycles. The molecular formula is C9H10O4. The summed E-state index contributed by atoms with van der Waals surface area (Å²) in [6, 6.07) is 5.36. The summed E-state index contributed by atoms with van der Waals surface area (Å²) in [7, 11) is 1.56. The maximum absolute atomic E-state index is 8.81. The zero-order chi connectivity index (χ0) is 9.26. The Morgan fingerprint density at radius 1 is 1.46 bits per heavy atom. The van der Waals surface area contributed by atoms with Crippen molar-refractivity contribution in [3.63, 3.8) is 0 Å². The van der Waals surface area contributed by atoms with Crippen LogP contribution < -0.4 is 14.2 Å². The number of hydrogen-bond donors (Lipinski definition) is 1. The van der Waals surface area contributed by atoms with Gasteiger partial charge in [-0.1, -0.05) is 6.07 Å². The molecule has 0 saturated heterocycles. The molecule has 0 amide bonds. The van der Waals surface area contributed by atoms with Crippen molar-refractivity contribution < 1.29 is 19.3 Å². The van der Waals surface area contributed by atoms with Crippen molar-refractivity contribution in [2.24, 2.45) is 0 Å². The number of aliphatic hydroxyl groups excluding tert-OH is 1. The van der Waals surface area contributed by atoms with Gasteiger partial charge in [-0.05, 0) is 12.1 Å². The summed E-state index contributed by atoms with van der Waals surface area (Å²) in [5.41, 5.74) is 0. The molecule has 1 aliphatic rings. The molecule has 1 atom stereocenters. The van der Waals surface area contributed by atoms with Gasteiger partial charge in [-0.3, -0.25) is 0 Å². The van der Waals surface area contributed by atoms with E-state index in [4.69, 9.17) is 19.3 Å².